The van der Waals surface area contributed by atoms with Gasteiger partial charge in [0.15, 0.2) is 0 Å². The highest BCUT2D eigenvalue weighted by Crippen LogP contribution is 2.38. The van der Waals surface area contributed by atoms with Crippen molar-refractivity contribution in [2.75, 3.05) is 20.3 Å². The summed E-state index contributed by atoms with van der Waals surface area (Å²) in [4.78, 5) is 24.2. The van der Waals surface area contributed by atoms with Crippen LogP contribution in [0.4, 0.5) is 4.39 Å². The standard InChI is InChI=1S/C16H17ClFNO4/c1-9-14(16(21)23-7-6-22-2)10(8-13(20)19-9)15-11(17)4-3-5-12(15)18/h3-5,10H,6-8H2,1-2H3,(H,19,20)/t10-/m1/s1. The van der Waals surface area contributed by atoms with Gasteiger partial charge in [0.2, 0.25) is 5.91 Å². The molecule has 0 aliphatic carbocycles. The lowest BCUT2D eigenvalue weighted by atomic mass is 9.84. The van der Waals surface area contributed by atoms with Crippen molar-refractivity contribution in [2.45, 2.75) is 19.3 Å². The summed E-state index contributed by atoms with van der Waals surface area (Å²) in [5.41, 5.74) is 0.669. The van der Waals surface area contributed by atoms with Crippen LogP contribution in [-0.4, -0.2) is 32.2 Å². The molecule has 1 aromatic carbocycles. The Hall–Kier alpha value is -1.92. The van der Waals surface area contributed by atoms with Crippen molar-refractivity contribution in [3.63, 3.8) is 0 Å². The second kappa shape index (κ2) is 7.57. The molecule has 0 unspecified atom stereocenters. The van der Waals surface area contributed by atoms with E-state index in [4.69, 9.17) is 21.1 Å². The Kier molecular flexibility index (Phi) is 5.74. The zero-order chi connectivity index (χ0) is 17.0. The van der Waals surface area contributed by atoms with Gasteiger partial charge in [0.1, 0.15) is 12.4 Å². The highest BCUT2D eigenvalue weighted by molar-refractivity contribution is 6.31. The van der Waals surface area contributed by atoms with Crippen molar-refractivity contribution in [3.8, 4) is 0 Å². The van der Waals surface area contributed by atoms with Gasteiger partial charge in [0.05, 0.1) is 12.2 Å². The van der Waals surface area contributed by atoms with E-state index in [9.17, 15) is 14.0 Å². The van der Waals surface area contributed by atoms with Crippen LogP contribution in [0.25, 0.3) is 0 Å². The normalized spacial score (nSPS) is 17.9. The van der Waals surface area contributed by atoms with Gasteiger partial charge in [-0.15, -0.1) is 0 Å². The molecule has 23 heavy (non-hydrogen) atoms. The van der Waals surface area contributed by atoms with E-state index in [0.29, 0.717) is 5.70 Å². The Bertz CT molecular complexity index is 639. The highest BCUT2D eigenvalue weighted by atomic mass is 35.5. The molecule has 1 aliphatic rings. The Morgan fingerprint density at radius 2 is 2.17 bits per heavy atom. The molecule has 7 heteroatoms. The fourth-order valence-corrected chi connectivity index (χ4v) is 2.85. The van der Waals surface area contributed by atoms with Crippen molar-refractivity contribution in [1.29, 1.82) is 0 Å². The molecular weight excluding hydrogens is 325 g/mol. The van der Waals surface area contributed by atoms with E-state index >= 15 is 0 Å². The summed E-state index contributed by atoms with van der Waals surface area (Å²) in [7, 11) is 1.49. The largest absolute Gasteiger partial charge is 0.460 e. The lowest BCUT2D eigenvalue weighted by Crippen LogP contribution is -2.34. The fraction of sp³-hybridized carbons (Fsp3) is 0.375. The molecule has 124 valence electrons. The van der Waals surface area contributed by atoms with Gasteiger partial charge >= 0.3 is 5.97 Å². The molecule has 0 radical (unpaired) electrons. The average Bonchev–Trinajstić information content (AvgIpc) is 2.46. The molecule has 1 heterocycles. The van der Waals surface area contributed by atoms with E-state index in [1.807, 2.05) is 0 Å². The van der Waals surface area contributed by atoms with Crippen molar-refractivity contribution < 1.29 is 23.5 Å². The van der Waals surface area contributed by atoms with Gasteiger partial charge in [-0.25, -0.2) is 9.18 Å². The number of carbonyl (C=O) groups excluding carboxylic acids is 2. The molecule has 0 fully saturated rings. The smallest absolute Gasteiger partial charge is 0.336 e. The summed E-state index contributed by atoms with van der Waals surface area (Å²) in [5.74, 6) is -2.27. The summed E-state index contributed by atoms with van der Waals surface area (Å²) in [6.45, 7) is 1.89. The van der Waals surface area contributed by atoms with Crippen LogP contribution in [0.5, 0.6) is 0 Å². The van der Waals surface area contributed by atoms with Gasteiger partial charge in [-0.05, 0) is 19.1 Å². The van der Waals surface area contributed by atoms with E-state index < -0.39 is 17.7 Å². The van der Waals surface area contributed by atoms with Gasteiger partial charge in [-0.3, -0.25) is 4.79 Å². The van der Waals surface area contributed by atoms with E-state index in [0.717, 1.165) is 0 Å². The third-order valence-electron chi connectivity index (χ3n) is 3.56. The molecule has 0 aromatic heterocycles. The Balaban J connectivity index is 2.40. The first-order chi connectivity index (χ1) is 11.0. The predicted molar refractivity (Wildman–Crippen MR) is 82.4 cm³/mol. The van der Waals surface area contributed by atoms with Gasteiger partial charge < -0.3 is 14.8 Å². The molecule has 5 nitrogen and oxygen atoms in total. The van der Waals surface area contributed by atoms with Crippen LogP contribution in [0, 0.1) is 5.82 Å². The molecule has 0 spiro atoms. The van der Waals surface area contributed by atoms with E-state index in [1.54, 1.807) is 6.92 Å². The molecule has 2 rings (SSSR count). The van der Waals surface area contributed by atoms with Crippen molar-refractivity contribution in [2.24, 2.45) is 0 Å². The van der Waals surface area contributed by atoms with E-state index in [-0.39, 0.29) is 41.7 Å². The Morgan fingerprint density at radius 1 is 1.43 bits per heavy atom. The maximum atomic E-state index is 14.2. The second-order valence-electron chi connectivity index (χ2n) is 5.11. The zero-order valence-corrected chi connectivity index (χ0v) is 13.6. The predicted octanol–water partition coefficient (Wildman–Crippen LogP) is 2.55. The number of hydrogen-bond donors (Lipinski definition) is 1. The summed E-state index contributed by atoms with van der Waals surface area (Å²) in [5, 5.41) is 2.75. The monoisotopic (exact) mass is 341 g/mol. The van der Waals surface area contributed by atoms with Crippen LogP contribution in [-0.2, 0) is 19.1 Å². The summed E-state index contributed by atoms with van der Waals surface area (Å²) >= 11 is 6.09. The third-order valence-corrected chi connectivity index (χ3v) is 3.89. The molecule has 1 N–H and O–H groups in total. The number of allylic oxidation sites excluding steroid dienone is 1. The van der Waals surface area contributed by atoms with Crippen LogP contribution in [0.1, 0.15) is 24.8 Å². The average molecular weight is 342 g/mol. The Morgan fingerprint density at radius 3 is 2.83 bits per heavy atom. The molecule has 0 saturated heterocycles. The summed E-state index contributed by atoms with van der Waals surface area (Å²) in [6.07, 6.45) is -0.0767. The molecule has 1 aromatic rings. The van der Waals surface area contributed by atoms with Crippen molar-refractivity contribution in [3.05, 3.63) is 45.9 Å². The molecular formula is C16H17ClFNO4. The quantitative estimate of drug-likeness (QED) is 0.660. The van der Waals surface area contributed by atoms with Crippen LogP contribution in [0.2, 0.25) is 5.02 Å². The fourth-order valence-electron chi connectivity index (χ4n) is 2.56. The lowest BCUT2D eigenvalue weighted by Gasteiger charge is -2.27. The molecule has 1 aliphatic heterocycles. The second-order valence-corrected chi connectivity index (χ2v) is 5.51. The first-order valence-electron chi connectivity index (χ1n) is 7.06. The molecule has 1 atom stereocenters. The lowest BCUT2D eigenvalue weighted by molar-refractivity contribution is -0.141. The number of hydrogen-bond acceptors (Lipinski definition) is 4. The van der Waals surface area contributed by atoms with E-state index in [2.05, 4.69) is 5.32 Å². The minimum Gasteiger partial charge on any atom is -0.460 e. The number of nitrogens with one attached hydrogen (secondary N) is 1. The minimum atomic E-state index is -0.785. The van der Waals surface area contributed by atoms with Crippen molar-refractivity contribution in [1.82, 2.24) is 5.32 Å². The number of halogens is 2. The SMILES string of the molecule is COCCOC(=O)C1=C(C)NC(=O)C[C@H]1c1c(F)cccc1Cl. The number of amides is 1. The van der Waals surface area contributed by atoms with Crippen molar-refractivity contribution >= 4 is 23.5 Å². The first-order valence-corrected chi connectivity index (χ1v) is 7.44. The van der Waals surface area contributed by atoms with Gasteiger partial charge in [-0.2, -0.15) is 0 Å². The van der Waals surface area contributed by atoms with Crippen LogP contribution >= 0.6 is 11.6 Å². The number of rotatable bonds is 5. The zero-order valence-electron chi connectivity index (χ0n) is 12.8. The number of methoxy groups -OCH3 is 1. The molecule has 1 amide bonds. The van der Waals surface area contributed by atoms with Crippen LogP contribution in [0.3, 0.4) is 0 Å². The number of esters is 1. The van der Waals surface area contributed by atoms with Crippen LogP contribution in [0.15, 0.2) is 29.5 Å². The third kappa shape index (κ3) is 3.89. The van der Waals surface area contributed by atoms with Gasteiger partial charge in [0, 0.05) is 35.7 Å². The first kappa shape index (κ1) is 17.4. The Labute approximate surface area is 138 Å². The highest BCUT2D eigenvalue weighted by Gasteiger charge is 2.35. The number of ether oxygens (including phenoxy) is 2. The van der Waals surface area contributed by atoms with Gasteiger partial charge in [-0.1, -0.05) is 17.7 Å². The number of benzene rings is 1. The van der Waals surface area contributed by atoms with Crippen LogP contribution < -0.4 is 5.32 Å². The molecule has 0 saturated carbocycles. The topological polar surface area (TPSA) is 64.6 Å². The minimum absolute atomic E-state index is 0.0672. The maximum Gasteiger partial charge on any atom is 0.336 e. The maximum absolute atomic E-state index is 14.2. The summed E-state index contributed by atoms with van der Waals surface area (Å²) in [6, 6.07) is 4.24. The summed E-state index contributed by atoms with van der Waals surface area (Å²) < 4.78 is 24.2. The van der Waals surface area contributed by atoms with E-state index in [1.165, 1.54) is 25.3 Å². The molecule has 0 bridgehead atoms. The van der Waals surface area contributed by atoms with Gasteiger partial charge in [0.25, 0.3) is 0 Å². The number of carbonyl (C=O) groups is 2.